The van der Waals surface area contributed by atoms with E-state index in [1.807, 2.05) is 19.9 Å². The molecule has 168 valence electrons. The highest BCUT2D eigenvalue weighted by molar-refractivity contribution is 5.96. The van der Waals surface area contributed by atoms with Gasteiger partial charge in [-0.15, -0.1) is 0 Å². The summed E-state index contributed by atoms with van der Waals surface area (Å²) >= 11 is 0. The Bertz CT molecular complexity index is 887. The molecule has 8 heteroatoms. The number of amides is 1. The molecule has 1 saturated heterocycles. The van der Waals surface area contributed by atoms with Gasteiger partial charge >= 0.3 is 0 Å². The maximum atomic E-state index is 14.0. The molecule has 3 rings (SSSR count). The summed E-state index contributed by atoms with van der Waals surface area (Å²) in [5.74, 6) is 0.578. The summed E-state index contributed by atoms with van der Waals surface area (Å²) < 4.78 is 31.1. The summed E-state index contributed by atoms with van der Waals surface area (Å²) in [7, 11) is 1.68. The highest BCUT2D eigenvalue weighted by atomic mass is 19.1. The maximum absolute atomic E-state index is 14.0. The van der Waals surface area contributed by atoms with Crippen molar-refractivity contribution >= 4 is 23.0 Å². The summed E-state index contributed by atoms with van der Waals surface area (Å²) in [6.07, 6.45) is 0. The lowest BCUT2D eigenvalue weighted by Gasteiger charge is -2.31. The molecule has 1 fully saturated rings. The van der Waals surface area contributed by atoms with E-state index in [9.17, 15) is 9.18 Å². The second-order valence-electron chi connectivity index (χ2n) is 7.14. The predicted octanol–water partition coefficient (Wildman–Crippen LogP) is 3.53. The molecule has 2 aromatic carbocycles. The fraction of sp³-hybridized carbons (Fsp3) is 0.435. The number of morpholine rings is 1. The smallest absolute Gasteiger partial charge is 0.243 e. The molecule has 0 aromatic heterocycles. The minimum absolute atomic E-state index is 0.0122. The van der Waals surface area contributed by atoms with E-state index >= 15 is 0 Å². The van der Waals surface area contributed by atoms with Crippen LogP contribution in [0.1, 0.15) is 13.8 Å². The van der Waals surface area contributed by atoms with Crippen molar-refractivity contribution in [2.24, 2.45) is 0 Å². The summed E-state index contributed by atoms with van der Waals surface area (Å²) in [4.78, 5) is 16.5. The van der Waals surface area contributed by atoms with Crippen molar-refractivity contribution in [3.63, 3.8) is 0 Å². The Morgan fingerprint density at radius 1 is 1.13 bits per heavy atom. The van der Waals surface area contributed by atoms with Crippen molar-refractivity contribution in [3.05, 3.63) is 42.2 Å². The molecule has 0 radical (unpaired) electrons. The van der Waals surface area contributed by atoms with Crippen LogP contribution in [0.4, 0.5) is 21.5 Å². The van der Waals surface area contributed by atoms with E-state index in [0.717, 1.165) is 18.8 Å². The number of nitrogens with zero attached hydrogens (tertiary/aromatic N) is 2. The van der Waals surface area contributed by atoms with Crippen molar-refractivity contribution < 1.29 is 23.4 Å². The molecule has 0 spiro atoms. The lowest BCUT2D eigenvalue weighted by molar-refractivity contribution is -0.114. The molecule has 31 heavy (non-hydrogen) atoms. The van der Waals surface area contributed by atoms with E-state index < -0.39 is 0 Å². The number of carbonyl (C=O) groups excluding carboxylic acids is 1. The van der Waals surface area contributed by atoms with Crippen molar-refractivity contribution in [3.8, 4) is 11.5 Å². The molecule has 1 aliphatic rings. The number of carbonyl (C=O) groups is 1. The van der Waals surface area contributed by atoms with Crippen LogP contribution in [0.5, 0.6) is 11.5 Å². The predicted molar refractivity (Wildman–Crippen MR) is 120 cm³/mol. The second kappa shape index (κ2) is 10.9. The van der Waals surface area contributed by atoms with Gasteiger partial charge in [-0.2, -0.15) is 0 Å². The first-order chi connectivity index (χ1) is 15.0. The normalized spacial score (nSPS) is 13.6. The number of nitrogens with one attached hydrogen (secondary N) is 1. The van der Waals surface area contributed by atoms with Crippen LogP contribution >= 0.6 is 0 Å². The van der Waals surface area contributed by atoms with Crippen molar-refractivity contribution in [1.82, 2.24) is 0 Å². The van der Waals surface area contributed by atoms with E-state index in [2.05, 4.69) is 10.2 Å². The van der Waals surface area contributed by atoms with Crippen molar-refractivity contribution in [2.75, 3.05) is 68.2 Å². The number of anilines is 3. The largest absolute Gasteiger partial charge is 0.492 e. The van der Waals surface area contributed by atoms with Crippen LogP contribution in [0.25, 0.3) is 0 Å². The number of benzene rings is 2. The number of halogens is 1. The van der Waals surface area contributed by atoms with Crippen LogP contribution in [0, 0.1) is 5.82 Å². The molecule has 1 amide bonds. The Balaban J connectivity index is 1.82. The van der Waals surface area contributed by atoms with Gasteiger partial charge in [0, 0.05) is 32.3 Å². The molecular weight excluding hydrogens is 401 g/mol. The molecule has 2 aromatic rings. The molecule has 0 unspecified atom stereocenters. The quantitative estimate of drug-likeness (QED) is 0.655. The molecule has 1 aliphatic heterocycles. The number of hydrogen-bond acceptors (Lipinski definition) is 6. The van der Waals surface area contributed by atoms with Gasteiger partial charge in [0.15, 0.2) is 0 Å². The Hall–Kier alpha value is -3.00. The van der Waals surface area contributed by atoms with Crippen molar-refractivity contribution in [1.29, 1.82) is 0 Å². The van der Waals surface area contributed by atoms with E-state index in [4.69, 9.17) is 14.2 Å². The first-order valence-electron chi connectivity index (χ1n) is 10.5. The molecule has 0 aliphatic carbocycles. The highest BCUT2D eigenvalue weighted by Gasteiger charge is 2.21. The van der Waals surface area contributed by atoms with Crippen LogP contribution < -0.4 is 24.6 Å². The third-order valence-electron chi connectivity index (χ3n) is 4.93. The van der Waals surface area contributed by atoms with E-state index in [1.54, 1.807) is 36.2 Å². The van der Waals surface area contributed by atoms with Crippen molar-refractivity contribution in [2.45, 2.75) is 13.8 Å². The van der Waals surface area contributed by atoms with Crippen LogP contribution in [0.15, 0.2) is 36.4 Å². The SMILES string of the molecule is CCOc1cc(N2CCOCC2)c(OCC)cc1NC(=O)CN(C)c1ccccc1F. The fourth-order valence-corrected chi connectivity index (χ4v) is 3.50. The van der Waals surface area contributed by atoms with Crippen LogP contribution in [-0.4, -0.2) is 59.0 Å². The van der Waals surface area contributed by atoms with Gasteiger partial charge < -0.3 is 29.3 Å². The summed E-state index contributed by atoms with van der Waals surface area (Å²) in [6, 6.07) is 10.1. The van der Waals surface area contributed by atoms with Gasteiger partial charge in [-0.1, -0.05) is 12.1 Å². The highest BCUT2D eigenvalue weighted by Crippen LogP contribution is 2.39. The third kappa shape index (κ3) is 5.79. The van der Waals surface area contributed by atoms with Gasteiger partial charge in [0.2, 0.25) is 5.91 Å². The lowest BCUT2D eigenvalue weighted by Crippen LogP contribution is -2.36. The first-order valence-corrected chi connectivity index (χ1v) is 10.5. The summed E-state index contributed by atoms with van der Waals surface area (Å²) in [6.45, 7) is 7.55. The average Bonchev–Trinajstić information content (AvgIpc) is 2.76. The first kappa shape index (κ1) is 22.7. The number of rotatable bonds is 9. The fourth-order valence-electron chi connectivity index (χ4n) is 3.50. The molecule has 0 saturated carbocycles. The molecule has 0 atom stereocenters. The van der Waals surface area contributed by atoms with Crippen LogP contribution in [0.2, 0.25) is 0 Å². The summed E-state index contributed by atoms with van der Waals surface area (Å²) in [5, 5.41) is 2.89. The molecule has 0 bridgehead atoms. The Morgan fingerprint density at radius 3 is 2.48 bits per heavy atom. The molecule has 1 heterocycles. The second-order valence-corrected chi connectivity index (χ2v) is 7.14. The zero-order valence-corrected chi connectivity index (χ0v) is 18.3. The zero-order valence-electron chi connectivity index (χ0n) is 18.3. The Labute approximate surface area is 182 Å². The monoisotopic (exact) mass is 431 g/mol. The number of hydrogen-bond donors (Lipinski definition) is 1. The molecular formula is C23H30FN3O4. The van der Waals surface area contributed by atoms with Crippen LogP contribution in [-0.2, 0) is 9.53 Å². The zero-order chi connectivity index (χ0) is 22.2. The van der Waals surface area contributed by atoms with Gasteiger partial charge in [0.1, 0.15) is 17.3 Å². The minimum atomic E-state index is -0.374. The number of ether oxygens (including phenoxy) is 3. The van der Waals surface area contributed by atoms with E-state index in [0.29, 0.717) is 49.3 Å². The number of likely N-dealkylation sites (N-methyl/N-ethyl adjacent to an activating group) is 1. The molecule has 7 nitrogen and oxygen atoms in total. The lowest BCUT2D eigenvalue weighted by atomic mass is 10.2. The average molecular weight is 432 g/mol. The van der Waals surface area contributed by atoms with Gasteiger partial charge in [0.05, 0.1) is 50.0 Å². The van der Waals surface area contributed by atoms with E-state index in [1.165, 1.54) is 6.07 Å². The van der Waals surface area contributed by atoms with Gasteiger partial charge in [-0.05, 0) is 26.0 Å². The van der Waals surface area contributed by atoms with Gasteiger partial charge in [0.25, 0.3) is 0 Å². The standard InChI is InChI=1S/C23H30FN3O4/c1-4-30-21-15-20(27-10-12-29-13-11-27)22(31-5-2)14-18(21)25-23(28)16-26(3)19-9-7-6-8-17(19)24/h6-9,14-15H,4-5,10-13,16H2,1-3H3,(H,25,28). The topological polar surface area (TPSA) is 63.3 Å². The molecule has 1 N–H and O–H groups in total. The van der Waals surface area contributed by atoms with Gasteiger partial charge in [-0.3, -0.25) is 4.79 Å². The third-order valence-corrected chi connectivity index (χ3v) is 4.93. The van der Waals surface area contributed by atoms with Gasteiger partial charge in [-0.25, -0.2) is 4.39 Å². The Kier molecular flexibility index (Phi) is 7.94. The van der Waals surface area contributed by atoms with Crippen LogP contribution in [0.3, 0.4) is 0 Å². The maximum Gasteiger partial charge on any atom is 0.243 e. The Morgan fingerprint density at radius 2 is 1.81 bits per heavy atom. The number of para-hydroxylation sites is 1. The summed E-state index contributed by atoms with van der Waals surface area (Å²) in [5.41, 5.74) is 1.80. The van der Waals surface area contributed by atoms with E-state index in [-0.39, 0.29) is 18.3 Å². The minimum Gasteiger partial charge on any atom is -0.492 e.